The van der Waals surface area contributed by atoms with Crippen LogP contribution >= 0.6 is 0 Å². The lowest BCUT2D eigenvalue weighted by atomic mass is 9.99. The molecule has 27 heavy (non-hydrogen) atoms. The molecule has 6 nitrogen and oxygen atoms in total. The Morgan fingerprint density at radius 2 is 1.89 bits per heavy atom. The summed E-state index contributed by atoms with van der Waals surface area (Å²) in [5.74, 6) is 1.96. The van der Waals surface area contributed by atoms with Crippen LogP contribution in [0.3, 0.4) is 0 Å². The Hall–Kier alpha value is -2.47. The summed E-state index contributed by atoms with van der Waals surface area (Å²) in [5, 5.41) is 3.33. The van der Waals surface area contributed by atoms with E-state index in [1.165, 1.54) is 0 Å². The molecule has 1 aliphatic rings. The molecule has 144 valence electrons. The smallest absolute Gasteiger partial charge is 0.272 e. The maximum absolute atomic E-state index is 13.0. The molecule has 0 aliphatic carbocycles. The summed E-state index contributed by atoms with van der Waals surface area (Å²) in [6, 6.07) is 11.6. The van der Waals surface area contributed by atoms with E-state index in [0.29, 0.717) is 23.3 Å². The highest BCUT2D eigenvalue weighted by molar-refractivity contribution is 5.93. The van der Waals surface area contributed by atoms with Crippen molar-refractivity contribution in [2.45, 2.75) is 19.8 Å². The van der Waals surface area contributed by atoms with Crippen LogP contribution in [0.2, 0.25) is 0 Å². The van der Waals surface area contributed by atoms with Gasteiger partial charge in [0.1, 0.15) is 11.5 Å². The fourth-order valence-corrected chi connectivity index (χ4v) is 3.14. The first-order chi connectivity index (χ1) is 13.0. The van der Waals surface area contributed by atoms with Gasteiger partial charge in [-0.2, -0.15) is 0 Å². The van der Waals surface area contributed by atoms with E-state index in [4.69, 9.17) is 0 Å². The second-order valence-electron chi connectivity index (χ2n) is 7.53. The third-order valence-corrected chi connectivity index (χ3v) is 4.91. The number of nitrogens with one attached hydrogen (secondary N) is 1. The molecule has 0 bridgehead atoms. The number of benzene rings is 1. The molecule has 2 aromatic rings. The highest BCUT2D eigenvalue weighted by Gasteiger charge is 2.23. The van der Waals surface area contributed by atoms with Crippen LogP contribution in [0.25, 0.3) is 11.4 Å². The number of hydrogen-bond donors (Lipinski definition) is 1. The molecule has 1 aliphatic heterocycles. The predicted octanol–water partition coefficient (Wildman–Crippen LogP) is 2.99. The maximum atomic E-state index is 13.0. The zero-order valence-electron chi connectivity index (χ0n) is 16.5. The van der Waals surface area contributed by atoms with Gasteiger partial charge in [0.15, 0.2) is 5.82 Å². The number of carbonyl (C=O) groups is 1. The summed E-state index contributed by atoms with van der Waals surface area (Å²) in [5.41, 5.74) is 1.38. The molecule has 0 atom stereocenters. The van der Waals surface area contributed by atoms with Crippen molar-refractivity contribution >= 4 is 11.7 Å². The van der Waals surface area contributed by atoms with E-state index in [2.05, 4.69) is 27.1 Å². The van der Waals surface area contributed by atoms with Crippen LogP contribution in [-0.4, -0.2) is 65.9 Å². The van der Waals surface area contributed by atoms with Crippen LogP contribution in [0.15, 0.2) is 36.4 Å². The number of aromatic nitrogens is 2. The first-order valence-corrected chi connectivity index (χ1v) is 9.65. The highest BCUT2D eigenvalue weighted by Crippen LogP contribution is 2.21. The van der Waals surface area contributed by atoms with E-state index in [0.717, 1.165) is 44.6 Å². The number of amides is 1. The number of hydrogen-bond acceptors (Lipinski definition) is 5. The molecule has 6 heteroatoms. The van der Waals surface area contributed by atoms with Crippen LogP contribution in [0, 0.1) is 5.92 Å². The minimum Gasteiger partial charge on any atom is -0.369 e. The first kappa shape index (κ1) is 19.3. The lowest BCUT2D eigenvalue weighted by molar-refractivity contribution is 0.0691. The molecule has 1 aromatic heterocycles. The summed E-state index contributed by atoms with van der Waals surface area (Å²) in [4.78, 5) is 26.3. The van der Waals surface area contributed by atoms with Crippen molar-refractivity contribution in [3.05, 3.63) is 42.1 Å². The number of carbonyl (C=O) groups excluding carboxylic acids is 1. The summed E-state index contributed by atoms with van der Waals surface area (Å²) in [7, 11) is 4.06. The van der Waals surface area contributed by atoms with Crippen LogP contribution in [0.5, 0.6) is 0 Å². The summed E-state index contributed by atoms with van der Waals surface area (Å²) >= 11 is 0. The van der Waals surface area contributed by atoms with Gasteiger partial charge in [0, 0.05) is 37.8 Å². The molecule has 1 N–H and O–H groups in total. The van der Waals surface area contributed by atoms with Gasteiger partial charge in [-0.15, -0.1) is 0 Å². The lowest BCUT2D eigenvalue weighted by Crippen LogP contribution is -2.38. The van der Waals surface area contributed by atoms with Crippen molar-refractivity contribution in [2.75, 3.05) is 45.6 Å². The summed E-state index contributed by atoms with van der Waals surface area (Å²) in [6.45, 7) is 5.49. The molecule has 1 amide bonds. The van der Waals surface area contributed by atoms with Crippen LogP contribution in [-0.2, 0) is 0 Å². The van der Waals surface area contributed by atoms with Gasteiger partial charge in [0.25, 0.3) is 5.91 Å². The number of piperidine rings is 1. The first-order valence-electron chi connectivity index (χ1n) is 9.65. The minimum atomic E-state index is -0.00265. The van der Waals surface area contributed by atoms with Gasteiger partial charge < -0.3 is 15.1 Å². The standard InChI is InChI=1S/C21H29N5O/c1-16-9-12-26(13-10-16)21(27)18-15-19(22-11-14-25(2)3)24-20(23-18)17-7-5-4-6-8-17/h4-8,15-16H,9-14H2,1-3H3,(H,22,23,24). The average molecular weight is 367 g/mol. The van der Waals surface area contributed by atoms with E-state index in [9.17, 15) is 4.79 Å². The maximum Gasteiger partial charge on any atom is 0.272 e. The van der Waals surface area contributed by atoms with E-state index < -0.39 is 0 Å². The molecule has 1 fully saturated rings. The van der Waals surface area contributed by atoms with Crippen molar-refractivity contribution in [3.8, 4) is 11.4 Å². The zero-order valence-corrected chi connectivity index (χ0v) is 16.5. The Morgan fingerprint density at radius 1 is 1.19 bits per heavy atom. The van der Waals surface area contributed by atoms with Crippen LogP contribution in [0.4, 0.5) is 5.82 Å². The molecular formula is C21H29N5O. The Kier molecular flexibility index (Phi) is 6.40. The van der Waals surface area contributed by atoms with Crippen molar-refractivity contribution in [1.29, 1.82) is 0 Å². The Balaban J connectivity index is 1.86. The van der Waals surface area contributed by atoms with Gasteiger partial charge in [-0.1, -0.05) is 37.3 Å². The van der Waals surface area contributed by atoms with Crippen molar-refractivity contribution in [1.82, 2.24) is 19.8 Å². The number of nitrogens with zero attached hydrogens (tertiary/aromatic N) is 4. The second kappa shape index (κ2) is 8.95. The molecule has 0 unspecified atom stereocenters. The van der Waals surface area contributed by atoms with Gasteiger partial charge in [-0.25, -0.2) is 9.97 Å². The highest BCUT2D eigenvalue weighted by atomic mass is 16.2. The predicted molar refractivity (Wildman–Crippen MR) is 109 cm³/mol. The fourth-order valence-electron chi connectivity index (χ4n) is 3.14. The van der Waals surface area contributed by atoms with E-state index in [1.54, 1.807) is 6.07 Å². The minimum absolute atomic E-state index is 0.00265. The number of likely N-dealkylation sites (N-methyl/N-ethyl adjacent to an activating group) is 1. The monoisotopic (exact) mass is 367 g/mol. The summed E-state index contributed by atoms with van der Waals surface area (Å²) < 4.78 is 0. The third kappa shape index (κ3) is 5.26. The van der Waals surface area contributed by atoms with Crippen molar-refractivity contribution in [3.63, 3.8) is 0 Å². The zero-order chi connectivity index (χ0) is 19.2. The van der Waals surface area contributed by atoms with Crippen molar-refractivity contribution in [2.24, 2.45) is 5.92 Å². The quantitative estimate of drug-likeness (QED) is 0.850. The number of likely N-dealkylation sites (tertiary alicyclic amines) is 1. The topological polar surface area (TPSA) is 61.4 Å². The normalized spacial score (nSPS) is 15.2. The van der Waals surface area contributed by atoms with Gasteiger partial charge in [0.2, 0.25) is 0 Å². The molecule has 3 rings (SSSR count). The third-order valence-electron chi connectivity index (χ3n) is 4.91. The molecule has 0 saturated carbocycles. The fraction of sp³-hybridized carbons (Fsp3) is 0.476. The molecule has 2 heterocycles. The Morgan fingerprint density at radius 3 is 2.56 bits per heavy atom. The Labute approximate surface area is 161 Å². The van der Waals surface area contributed by atoms with E-state index in [-0.39, 0.29) is 5.91 Å². The van der Waals surface area contributed by atoms with Gasteiger partial charge in [-0.3, -0.25) is 4.79 Å². The number of anilines is 1. The van der Waals surface area contributed by atoms with E-state index >= 15 is 0 Å². The molecule has 1 aromatic carbocycles. The molecule has 0 radical (unpaired) electrons. The van der Waals surface area contributed by atoms with Gasteiger partial charge >= 0.3 is 0 Å². The molecule has 0 spiro atoms. The Bertz CT molecular complexity index is 754. The SMILES string of the molecule is CC1CCN(C(=O)c2cc(NCCN(C)C)nc(-c3ccccc3)n2)CC1. The van der Waals surface area contributed by atoms with Gasteiger partial charge in [0.05, 0.1) is 0 Å². The summed E-state index contributed by atoms with van der Waals surface area (Å²) in [6.07, 6.45) is 2.10. The molecular weight excluding hydrogens is 338 g/mol. The lowest BCUT2D eigenvalue weighted by Gasteiger charge is -2.30. The van der Waals surface area contributed by atoms with Crippen LogP contribution < -0.4 is 5.32 Å². The van der Waals surface area contributed by atoms with Crippen molar-refractivity contribution < 1.29 is 4.79 Å². The van der Waals surface area contributed by atoms with E-state index in [1.807, 2.05) is 49.3 Å². The number of rotatable bonds is 6. The second-order valence-corrected chi connectivity index (χ2v) is 7.53. The van der Waals surface area contributed by atoms with Crippen LogP contribution in [0.1, 0.15) is 30.3 Å². The largest absolute Gasteiger partial charge is 0.369 e. The average Bonchev–Trinajstić information content (AvgIpc) is 2.68. The molecule has 1 saturated heterocycles. The van der Waals surface area contributed by atoms with Gasteiger partial charge in [-0.05, 0) is 32.9 Å².